The van der Waals surface area contributed by atoms with Gasteiger partial charge in [0.1, 0.15) is 0 Å². The number of benzene rings is 1. The summed E-state index contributed by atoms with van der Waals surface area (Å²) in [6, 6.07) is 10.0. The molecule has 0 saturated carbocycles. The molecule has 0 fully saturated rings. The van der Waals surface area contributed by atoms with Crippen LogP contribution < -0.4 is 0 Å². The van der Waals surface area contributed by atoms with Crippen LogP contribution in [-0.2, 0) is 11.2 Å². The van der Waals surface area contributed by atoms with Gasteiger partial charge in [0.2, 0.25) is 5.91 Å². The van der Waals surface area contributed by atoms with Gasteiger partial charge in [-0.15, -0.1) is 0 Å². The zero-order chi connectivity index (χ0) is 13.6. The summed E-state index contributed by atoms with van der Waals surface area (Å²) in [5, 5.41) is 8.98. The second kappa shape index (κ2) is 6.55. The summed E-state index contributed by atoms with van der Waals surface area (Å²) >= 11 is 0. The number of carbonyl (C=O) groups excluding carboxylic acids is 1. The third kappa shape index (κ3) is 3.84. The number of aliphatic hydroxyl groups excluding tert-OH is 1. The van der Waals surface area contributed by atoms with Crippen molar-refractivity contribution in [2.75, 3.05) is 19.7 Å². The van der Waals surface area contributed by atoms with E-state index in [2.05, 4.69) is 0 Å². The molecule has 0 radical (unpaired) electrons. The van der Waals surface area contributed by atoms with Crippen molar-refractivity contribution in [2.24, 2.45) is 5.41 Å². The van der Waals surface area contributed by atoms with Gasteiger partial charge in [0, 0.05) is 18.5 Å². The number of aliphatic hydroxyl groups is 1. The molecule has 1 amide bonds. The number of amides is 1. The van der Waals surface area contributed by atoms with Gasteiger partial charge < -0.3 is 10.0 Å². The highest BCUT2D eigenvalue weighted by Gasteiger charge is 2.31. The van der Waals surface area contributed by atoms with Crippen molar-refractivity contribution in [2.45, 2.75) is 27.2 Å². The fraction of sp³-hybridized carbons (Fsp3) is 0.533. The molecule has 0 saturated heterocycles. The van der Waals surface area contributed by atoms with Gasteiger partial charge in [-0.2, -0.15) is 0 Å². The molecule has 3 heteroatoms. The molecular formula is C15H23NO2. The molecule has 0 spiro atoms. The highest BCUT2D eigenvalue weighted by molar-refractivity contribution is 5.82. The summed E-state index contributed by atoms with van der Waals surface area (Å²) < 4.78 is 0. The maximum Gasteiger partial charge on any atom is 0.228 e. The predicted molar refractivity (Wildman–Crippen MR) is 73.3 cm³/mol. The van der Waals surface area contributed by atoms with Crippen LogP contribution in [0.1, 0.15) is 26.3 Å². The fourth-order valence-corrected chi connectivity index (χ4v) is 2.13. The number of carbonyl (C=O) groups is 1. The molecule has 0 aliphatic rings. The Labute approximate surface area is 109 Å². The van der Waals surface area contributed by atoms with Crippen molar-refractivity contribution in [3.63, 3.8) is 0 Å². The molecule has 1 N–H and O–H groups in total. The summed E-state index contributed by atoms with van der Waals surface area (Å²) in [7, 11) is 0. The molecule has 0 unspecified atom stereocenters. The van der Waals surface area contributed by atoms with E-state index in [0.717, 1.165) is 5.56 Å². The number of hydrogen-bond acceptors (Lipinski definition) is 2. The maximum absolute atomic E-state index is 12.4. The lowest BCUT2D eigenvalue weighted by Gasteiger charge is -2.31. The Morgan fingerprint density at radius 2 is 1.89 bits per heavy atom. The molecule has 1 aromatic carbocycles. The van der Waals surface area contributed by atoms with Crippen LogP contribution in [0.15, 0.2) is 30.3 Å². The number of rotatable bonds is 6. The van der Waals surface area contributed by atoms with Crippen molar-refractivity contribution in [1.29, 1.82) is 0 Å². The minimum atomic E-state index is -0.438. The van der Waals surface area contributed by atoms with E-state index in [-0.39, 0.29) is 12.5 Å². The van der Waals surface area contributed by atoms with Crippen molar-refractivity contribution >= 4 is 5.91 Å². The Morgan fingerprint density at radius 3 is 2.39 bits per heavy atom. The number of hydrogen-bond donors (Lipinski definition) is 1. The van der Waals surface area contributed by atoms with Crippen LogP contribution in [0.25, 0.3) is 0 Å². The lowest BCUT2D eigenvalue weighted by atomic mass is 9.84. The van der Waals surface area contributed by atoms with Gasteiger partial charge in [-0.05, 0) is 18.9 Å². The Kier molecular flexibility index (Phi) is 5.35. The minimum Gasteiger partial charge on any atom is -0.395 e. The smallest absolute Gasteiger partial charge is 0.228 e. The van der Waals surface area contributed by atoms with Crippen LogP contribution in [0.2, 0.25) is 0 Å². The van der Waals surface area contributed by atoms with Gasteiger partial charge in [0.15, 0.2) is 0 Å². The minimum absolute atomic E-state index is 0.0149. The van der Waals surface area contributed by atoms with Crippen LogP contribution in [-0.4, -0.2) is 35.6 Å². The fourth-order valence-electron chi connectivity index (χ4n) is 2.13. The van der Waals surface area contributed by atoms with Gasteiger partial charge in [0.25, 0.3) is 0 Å². The first-order valence-corrected chi connectivity index (χ1v) is 6.45. The summed E-state index contributed by atoms with van der Waals surface area (Å²) in [4.78, 5) is 14.1. The van der Waals surface area contributed by atoms with Crippen molar-refractivity contribution in [1.82, 2.24) is 4.90 Å². The zero-order valence-corrected chi connectivity index (χ0v) is 11.5. The first kappa shape index (κ1) is 14.7. The molecule has 0 bridgehead atoms. The Morgan fingerprint density at radius 1 is 1.28 bits per heavy atom. The molecule has 100 valence electrons. The van der Waals surface area contributed by atoms with Crippen LogP contribution in [0.5, 0.6) is 0 Å². The molecule has 0 heterocycles. The molecule has 18 heavy (non-hydrogen) atoms. The molecule has 0 aliphatic carbocycles. The number of likely N-dealkylation sites (N-methyl/N-ethyl adjacent to an activating group) is 1. The van der Waals surface area contributed by atoms with E-state index in [9.17, 15) is 4.79 Å². The average Bonchev–Trinajstić information content (AvgIpc) is 2.36. The molecule has 1 rings (SSSR count). The van der Waals surface area contributed by atoms with E-state index in [1.54, 1.807) is 4.90 Å². The van der Waals surface area contributed by atoms with Crippen molar-refractivity contribution < 1.29 is 9.90 Å². The monoisotopic (exact) mass is 249 g/mol. The molecular weight excluding hydrogens is 226 g/mol. The lowest BCUT2D eigenvalue weighted by molar-refractivity contribution is -0.140. The van der Waals surface area contributed by atoms with E-state index >= 15 is 0 Å². The van der Waals surface area contributed by atoms with Crippen LogP contribution in [0, 0.1) is 5.41 Å². The van der Waals surface area contributed by atoms with Gasteiger partial charge in [-0.25, -0.2) is 0 Å². The standard InChI is InChI=1S/C15H23NO2/c1-4-16(10-11-17)14(18)15(2,3)12-13-8-6-5-7-9-13/h5-9,17H,4,10-12H2,1-3H3. The van der Waals surface area contributed by atoms with E-state index in [1.165, 1.54) is 0 Å². The van der Waals surface area contributed by atoms with E-state index in [1.807, 2.05) is 51.1 Å². The zero-order valence-electron chi connectivity index (χ0n) is 11.5. The van der Waals surface area contributed by atoms with Crippen LogP contribution >= 0.6 is 0 Å². The maximum atomic E-state index is 12.4. The summed E-state index contributed by atoms with van der Waals surface area (Å²) in [6.07, 6.45) is 0.717. The summed E-state index contributed by atoms with van der Waals surface area (Å²) in [5.74, 6) is 0.0999. The summed E-state index contributed by atoms with van der Waals surface area (Å²) in [6.45, 7) is 6.92. The molecule has 3 nitrogen and oxygen atoms in total. The van der Waals surface area contributed by atoms with E-state index < -0.39 is 5.41 Å². The highest BCUT2D eigenvalue weighted by atomic mass is 16.3. The quantitative estimate of drug-likeness (QED) is 0.838. The highest BCUT2D eigenvalue weighted by Crippen LogP contribution is 2.24. The molecule has 0 atom stereocenters. The Bertz CT molecular complexity index is 373. The molecule has 1 aromatic rings. The van der Waals surface area contributed by atoms with Crippen LogP contribution in [0.4, 0.5) is 0 Å². The Balaban J connectivity index is 2.76. The Hall–Kier alpha value is -1.35. The third-order valence-electron chi connectivity index (χ3n) is 3.11. The number of nitrogens with zero attached hydrogens (tertiary/aromatic N) is 1. The molecule has 0 aromatic heterocycles. The first-order chi connectivity index (χ1) is 8.51. The van der Waals surface area contributed by atoms with Crippen molar-refractivity contribution in [3.05, 3.63) is 35.9 Å². The topological polar surface area (TPSA) is 40.5 Å². The normalized spacial score (nSPS) is 11.3. The summed E-state index contributed by atoms with van der Waals surface area (Å²) in [5.41, 5.74) is 0.725. The molecule has 0 aliphatic heterocycles. The van der Waals surface area contributed by atoms with E-state index in [0.29, 0.717) is 19.5 Å². The third-order valence-corrected chi connectivity index (χ3v) is 3.11. The SMILES string of the molecule is CCN(CCO)C(=O)C(C)(C)Cc1ccccc1. The van der Waals surface area contributed by atoms with Crippen LogP contribution in [0.3, 0.4) is 0 Å². The van der Waals surface area contributed by atoms with E-state index in [4.69, 9.17) is 5.11 Å². The van der Waals surface area contributed by atoms with Gasteiger partial charge in [-0.3, -0.25) is 4.79 Å². The van der Waals surface area contributed by atoms with Crippen molar-refractivity contribution in [3.8, 4) is 0 Å². The lowest BCUT2D eigenvalue weighted by Crippen LogP contribution is -2.43. The van der Waals surface area contributed by atoms with Gasteiger partial charge >= 0.3 is 0 Å². The first-order valence-electron chi connectivity index (χ1n) is 6.45. The van der Waals surface area contributed by atoms with Gasteiger partial charge in [0.05, 0.1) is 6.61 Å². The second-order valence-corrected chi connectivity index (χ2v) is 5.15. The predicted octanol–water partition coefficient (Wildman–Crippen LogP) is 2.10. The largest absolute Gasteiger partial charge is 0.395 e. The second-order valence-electron chi connectivity index (χ2n) is 5.15. The average molecular weight is 249 g/mol. The van der Waals surface area contributed by atoms with Gasteiger partial charge in [-0.1, -0.05) is 44.2 Å².